The summed E-state index contributed by atoms with van der Waals surface area (Å²) in [6.07, 6.45) is 13.5. The van der Waals surface area contributed by atoms with Crippen molar-refractivity contribution in [3.63, 3.8) is 0 Å². The fourth-order valence-corrected chi connectivity index (χ4v) is 3.90. The average molecular weight is 420 g/mol. The van der Waals surface area contributed by atoms with Crippen LogP contribution in [0.15, 0.2) is 60.1 Å². The van der Waals surface area contributed by atoms with Gasteiger partial charge in [-0.1, -0.05) is 31.7 Å². The third kappa shape index (κ3) is 7.92. The lowest BCUT2D eigenvalue weighted by Gasteiger charge is -2.40. The molecule has 6 heteroatoms. The van der Waals surface area contributed by atoms with Crippen LogP contribution in [0, 0.1) is 5.41 Å². The number of piperazine rings is 1. The Labute approximate surface area is 181 Å². The van der Waals surface area contributed by atoms with Crippen LogP contribution in [0.3, 0.4) is 0 Å². The highest BCUT2D eigenvalue weighted by Gasteiger charge is 2.33. The van der Waals surface area contributed by atoms with Gasteiger partial charge in [0.1, 0.15) is 5.83 Å². The van der Waals surface area contributed by atoms with Crippen molar-refractivity contribution in [3.05, 3.63) is 60.1 Å². The second kappa shape index (κ2) is 13.2. The number of carbonyl (C=O) groups is 1. The Kier molecular flexibility index (Phi) is 11.4. The van der Waals surface area contributed by atoms with Crippen molar-refractivity contribution in [1.29, 1.82) is 0 Å². The highest BCUT2D eigenvalue weighted by Crippen LogP contribution is 2.36. The van der Waals surface area contributed by atoms with E-state index in [0.717, 1.165) is 44.7 Å². The van der Waals surface area contributed by atoms with E-state index in [-0.39, 0.29) is 23.8 Å². The molecule has 0 aromatic heterocycles. The molecule has 2 rings (SSSR count). The van der Waals surface area contributed by atoms with Gasteiger partial charge in [-0.2, -0.15) is 0 Å². The number of hydrogen-bond acceptors (Lipinski definition) is 4. The van der Waals surface area contributed by atoms with Crippen molar-refractivity contribution in [3.8, 4) is 0 Å². The first kappa shape index (κ1) is 25.9. The molecule has 30 heavy (non-hydrogen) atoms. The molecule has 2 N–H and O–H groups in total. The van der Waals surface area contributed by atoms with E-state index in [0.29, 0.717) is 6.42 Å². The Bertz CT molecular complexity index is 676. The first-order chi connectivity index (χ1) is 14.3. The van der Waals surface area contributed by atoms with Gasteiger partial charge >= 0.3 is 0 Å². The zero-order valence-electron chi connectivity index (χ0n) is 18.9. The van der Waals surface area contributed by atoms with E-state index in [1.165, 1.54) is 5.70 Å². The SMILES string of the molecule is C=C(C)/C(=C\C=C/C)N1CCN(CCC(OC)C2(C)C=CC(F)=CC2)CC1.NC=O. The quantitative estimate of drug-likeness (QED) is 0.478. The second-order valence-corrected chi connectivity index (χ2v) is 7.97. The maximum Gasteiger partial charge on any atom is 0.204 e. The fraction of sp³-hybridized carbons (Fsp3) is 0.542. The summed E-state index contributed by atoms with van der Waals surface area (Å²) in [7, 11) is 1.77. The molecule has 5 nitrogen and oxygen atoms in total. The molecule has 2 aliphatic rings. The molecule has 2 atom stereocenters. The van der Waals surface area contributed by atoms with E-state index in [2.05, 4.69) is 48.1 Å². The Balaban J connectivity index is 0.00000141. The van der Waals surface area contributed by atoms with Crippen LogP contribution >= 0.6 is 0 Å². The van der Waals surface area contributed by atoms with Gasteiger partial charge in [-0.05, 0) is 50.5 Å². The highest BCUT2D eigenvalue weighted by atomic mass is 19.1. The molecule has 0 aromatic carbocycles. The van der Waals surface area contributed by atoms with E-state index < -0.39 is 0 Å². The summed E-state index contributed by atoms with van der Waals surface area (Å²) in [5.41, 5.74) is 6.38. The van der Waals surface area contributed by atoms with E-state index >= 15 is 0 Å². The Morgan fingerprint density at radius 2 is 2.03 bits per heavy atom. The first-order valence-corrected chi connectivity index (χ1v) is 10.5. The predicted molar refractivity (Wildman–Crippen MR) is 122 cm³/mol. The summed E-state index contributed by atoms with van der Waals surface area (Å²) < 4.78 is 19.1. The molecule has 168 valence electrons. The van der Waals surface area contributed by atoms with Crippen molar-refractivity contribution >= 4 is 6.41 Å². The molecule has 1 aliphatic heterocycles. The molecule has 2 unspecified atom stereocenters. The van der Waals surface area contributed by atoms with Crippen LogP contribution in [0.5, 0.6) is 0 Å². The summed E-state index contributed by atoms with van der Waals surface area (Å²) in [4.78, 5) is 13.5. The van der Waals surface area contributed by atoms with Gasteiger partial charge in [0.2, 0.25) is 6.41 Å². The van der Waals surface area contributed by atoms with Gasteiger partial charge in [0.15, 0.2) is 0 Å². The highest BCUT2D eigenvalue weighted by molar-refractivity contribution is 5.42. The zero-order chi connectivity index (χ0) is 22.6. The van der Waals surface area contributed by atoms with Gasteiger partial charge in [0.05, 0.1) is 6.10 Å². The summed E-state index contributed by atoms with van der Waals surface area (Å²) in [5.74, 6) is -0.141. The number of ether oxygens (including phenoxy) is 1. The van der Waals surface area contributed by atoms with E-state index in [9.17, 15) is 4.39 Å². The lowest BCUT2D eigenvalue weighted by atomic mass is 9.77. The molecular weight excluding hydrogens is 381 g/mol. The van der Waals surface area contributed by atoms with Crippen LogP contribution in [-0.4, -0.2) is 62.1 Å². The van der Waals surface area contributed by atoms with E-state index in [4.69, 9.17) is 9.53 Å². The number of methoxy groups -OCH3 is 1. The molecule has 0 radical (unpaired) electrons. The molecule has 1 amide bonds. The van der Waals surface area contributed by atoms with Crippen LogP contribution < -0.4 is 5.73 Å². The van der Waals surface area contributed by atoms with Gasteiger partial charge in [0, 0.05) is 50.9 Å². The first-order valence-electron chi connectivity index (χ1n) is 10.5. The van der Waals surface area contributed by atoms with Crippen molar-refractivity contribution in [1.82, 2.24) is 9.80 Å². The van der Waals surface area contributed by atoms with Crippen molar-refractivity contribution < 1.29 is 13.9 Å². The molecule has 0 saturated carbocycles. The van der Waals surface area contributed by atoms with Crippen LogP contribution in [0.2, 0.25) is 0 Å². The molecule has 1 saturated heterocycles. The minimum atomic E-state index is -0.141. The van der Waals surface area contributed by atoms with Crippen LogP contribution in [0.4, 0.5) is 4.39 Å². The largest absolute Gasteiger partial charge is 0.381 e. The Morgan fingerprint density at radius 1 is 1.40 bits per heavy atom. The number of nitrogens with two attached hydrogens (primary N) is 1. The molecular formula is C24H38FN3O2. The number of hydrogen-bond donors (Lipinski definition) is 1. The molecule has 0 bridgehead atoms. The van der Waals surface area contributed by atoms with E-state index in [1.54, 1.807) is 19.3 Å². The van der Waals surface area contributed by atoms with Gasteiger partial charge < -0.3 is 15.4 Å². The topological polar surface area (TPSA) is 58.8 Å². The number of halogens is 1. The van der Waals surface area contributed by atoms with Gasteiger partial charge in [-0.25, -0.2) is 4.39 Å². The van der Waals surface area contributed by atoms with Gasteiger partial charge in [-0.15, -0.1) is 0 Å². The smallest absolute Gasteiger partial charge is 0.204 e. The molecule has 0 aromatic rings. The molecule has 1 heterocycles. The maximum atomic E-state index is 13.3. The summed E-state index contributed by atoms with van der Waals surface area (Å²) >= 11 is 0. The normalized spacial score (nSPS) is 23.6. The van der Waals surface area contributed by atoms with Crippen LogP contribution in [-0.2, 0) is 9.53 Å². The number of amides is 1. The summed E-state index contributed by atoms with van der Waals surface area (Å²) in [6, 6.07) is 0. The third-order valence-corrected chi connectivity index (χ3v) is 5.68. The molecule has 0 spiro atoms. The summed E-state index contributed by atoms with van der Waals surface area (Å²) in [6.45, 7) is 15.5. The standard InChI is InChI=1S/C23H35FN2O.CH3NO/c1-6-7-8-21(19(2)3)26-17-15-25(16-18-26)14-11-22(27-5)23(4)12-9-20(24)10-13-23;2-1-3/h6-10,12,22H,2,11,13-18H2,1,3-5H3;1H,(H2,2,3)/b7-6-,21-8+;. The second-order valence-electron chi connectivity index (χ2n) is 7.97. The van der Waals surface area contributed by atoms with E-state index in [1.807, 2.05) is 19.1 Å². The third-order valence-electron chi connectivity index (χ3n) is 5.68. The number of allylic oxidation sites excluding steroid dienone is 7. The van der Waals surface area contributed by atoms with Crippen molar-refractivity contribution in [2.45, 2.75) is 39.7 Å². The van der Waals surface area contributed by atoms with Crippen molar-refractivity contribution in [2.24, 2.45) is 11.1 Å². The maximum absolute atomic E-state index is 13.3. The fourth-order valence-electron chi connectivity index (χ4n) is 3.90. The van der Waals surface area contributed by atoms with Gasteiger partial charge in [-0.3, -0.25) is 9.69 Å². The Morgan fingerprint density at radius 3 is 2.50 bits per heavy atom. The van der Waals surface area contributed by atoms with Gasteiger partial charge in [0.25, 0.3) is 0 Å². The monoisotopic (exact) mass is 419 g/mol. The lowest BCUT2D eigenvalue weighted by Crippen LogP contribution is -2.47. The number of primary amides is 1. The molecule has 1 fully saturated rings. The lowest BCUT2D eigenvalue weighted by molar-refractivity contribution is -0.106. The van der Waals surface area contributed by atoms with Crippen LogP contribution in [0.25, 0.3) is 0 Å². The summed E-state index contributed by atoms with van der Waals surface area (Å²) in [5, 5.41) is 0. The number of nitrogens with zero attached hydrogens (tertiary/aromatic N) is 2. The average Bonchev–Trinajstić information content (AvgIpc) is 2.72. The minimum Gasteiger partial charge on any atom is -0.381 e. The Hall–Kier alpha value is -2.18. The van der Waals surface area contributed by atoms with Crippen molar-refractivity contribution in [2.75, 3.05) is 39.8 Å². The van der Waals surface area contributed by atoms with Crippen LogP contribution in [0.1, 0.15) is 33.6 Å². The number of carbonyl (C=O) groups excluding carboxylic acids is 1. The predicted octanol–water partition coefficient (Wildman–Crippen LogP) is 3.97. The molecule has 1 aliphatic carbocycles. The zero-order valence-corrected chi connectivity index (χ0v) is 18.9. The minimum absolute atomic E-state index is 0.0942. The number of rotatable bonds is 8.